The zero-order chi connectivity index (χ0) is 11.8. The highest BCUT2D eigenvalue weighted by atomic mass is 16.5. The second-order valence-electron chi connectivity index (χ2n) is 4.72. The number of rotatable bonds is 7. The first-order chi connectivity index (χ1) is 7.74. The lowest BCUT2D eigenvalue weighted by Gasteiger charge is -2.31. The van der Waals surface area contributed by atoms with Gasteiger partial charge in [0.1, 0.15) is 0 Å². The molecule has 3 nitrogen and oxygen atoms in total. The third kappa shape index (κ3) is 5.10. The highest BCUT2D eigenvalue weighted by molar-refractivity contribution is 4.75. The van der Waals surface area contributed by atoms with Gasteiger partial charge in [0, 0.05) is 32.3 Å². The Hall–Kier alpha value is -0.380. The third-order valence-corrected chi connectivity index (χ3v) is 3.25. The van der Waals surface area contributed by atoms with E-state index in [0.717, 1.165) is 26.2 Å². The third-order valence-electron chi connectivity index (χ3n) is 3.25. The zero-order valence-electron chi connectivity index (χ0n) is 10.7. The number of hydrogen-bond donors (Lipinski definition) is 1. The minimum absolute atomic E-state index is 0.445. The second kappa shape index (κ2) is 7.82. The quantitative estimate of drug-likeness (QED) is 0.528. The Kier molecular flexibility index (Phi) is 6.69. The summed E-state index contributed by atoms with van der Waals surface area (Å²) in [5, 5.41) is 3.35. The van der Waals surface area contributed by atoms with Crippen molar-refractivity contribution in [3.8, 4) is 0 Å². The lowest BCUT2D eigenvalue weighted by atomic mass is 10.1. The number of ether oxygens (including phenoxy) is 1. The van der Waals surface area contributed by atoms with Crippen LogP contribution in [0.1, 0.15) is 26.2 Å². The largest absolute Gasteiger partial charge is 0.377 e. The van der Waals surface area contributed by atoms with Gasteiger partial charge in [0.2, 0.25) is 0 Å². The summed E-state index contributed by atoms with van der Waals surface area (Å²) in [4.78, 5) is 2.38. The molecule has 1 fully saturated rings. The summed E-state index contributed by atoms with van der Waals surface area (Å²) in [7, 11) is 2.18. The minimum Gasteiger partial charge on any atom is -0.377 e. The van der Waals surface area contributed by atoms with Gasteiger partial charge in [-0.2, -0.15) is 0 Å². The Morgan fingerprint density at radius 1 is 1.56 bits per heavy atom. The van der Waals surface area contributed by atoms with Gasteiger partial charge in [0.15, 0.2) is 0 Å². The number of nitrogens with one attached hydrogen (secondary N) is 1. The molecule has 0 aromatic carbocycles. The van der Waals surface area contributed by atoms with E-state index in [2.05, 4.69) is 30.8 Å². The van der Waals surface area contributed by atoms with Gasteiger partial charge in [-0.15, -0.1) is 6.58 Å². The average Bonchev–Trinajstić information content (AvgIpc) is 2.30. The molecule has 3 heteroatoms. The molecular weight excluding hydrogens is 200 g/mol. The molecule has 0 spiro atoms. The monoisotopic (exact) mass is 226 g/mol. The van der Waals surface area contributed by atoms with Gasteiger partial charge >= 0.3 is 0 Å². The van der Waals surface area contributed by atoms with E-state index in [4.69, 9.17) is 4.74 Å². The minimum atomic E-state index is 0.445. The van der Waals surface area contributed by atoms with Gasteiger partial charge in [0.05, 0.1) is 6.10 Å². The van der Waals surface area contributed by atoms with E-state index in [1.807, 2.05) is 6.08 Å². The van der Waals surface area contributed by atoms with E-state index >= 15 is 0 Å². The van der Waals surface area contributed by atoms with Gasteiger partial charge in [-0.05, 0) is 33.2 Å². The summed E-state index contributed by atoms with van der Waals surface area (Å²) >= 11 is 0. The molecule has 16 heavy (non-hydrogen) atoms. The van der Waals surface area contributed by atoms with Crippen LogP contribution in [-0.4, -0.2) is 50.3 Å². The molecular formula is C13H26N2O. The van der Waals surface area contributed by atoms with Crippen molar-refractivity contribution in [3.63, 3.8) is 0 Å². The summed E-state index contributed by atoms with van der Waals surface area (Å²) in [6, 6.07) is 0.547. The molecule has 1 N–H and O–H groups in total. The maximum atomic E-state index is 5.75. The summed E-state index contributed by atoms with van der Waals surface area (Å²) in [6.45, 7) is 9.84. The van der Waals surface area contributed by atoms with Crippen LogP contribution in [0.15, 0.2) is 12.7 Å². The predicted molar refractivity (Wildman–Crippen MR) is 68.7 cm³/mol. The predicted octanol–water partition coefficient (Wildman–Crippen LogP) is 1.65. The molecule has 1 heterocycles. The second-order valence-corrected chi connectivity index (χ2v) is 4.72. The Bertz CT molecular complexity index is 190. The van der Waals surface area contributed by atoms with Crippen LogP contribution in [0.25, 0.3) is 0 Å². The van der Waals surface area contributed by atoms with Crippen molar-refractivity contribution < 1.29 is 4.74 Å². The van der Waals surface area contributed by atoms with E-state index in [1.54, 1.807) is 0 Å². The molecule has 0 aliphatic carbocycles. The van der Waals surface area contributed by atoms with Crippen molar-refractivity contribution in [1.82, 2.24) is 10.2 Å². The normalized spacial score (nSPS) is 23.3. The van der Waals surface area contributed by atoms with E-state index in [1.165, 1.54) is 19.3 Å². The topological polar surface area (TPSA) is 24.5 Å². The Balaban J connectivity index is 2.16. The summed E-state index contributed by atoms with van der Waals surface area (Å²) in [5.74, 6) is 0. The number of nitrogens with zero attached hydrogens (tertiary/aromatic N) is 1. The molecule has 0 bridgehead atoms. The Labute approximate surface area is 99.8 Å². The number of hydrogen-bond acceptors (Lipinski definition) is 3. The molecule has 2 unspecified atom stereocenters. The molecule has 0 aromatic heterocycles. The van der Waals surface area contributed by atoms with Crippen molar-refractivity contribution in [3.05, 3.63) is 12.7 Å². The highest BCUT2D eigenvalue weighted by Crippen LogP contribution is 2.14. The van der Waals surface area contributed by atoms with Crippen molar-refractivity contribution in [2.45, 2.75) is 38.3 Å². The van der Waals surface area contributed by atoms with E-state index < -0.39 is 0 Å². The molecule has 1 rings (SSSR count). The van der Waals surface area contributed by atoms with Crippen LogP contribution < -0.4 is 5.32 Å². The fraction of sp³-hybridized carbons (Fsp3) is 0.846. The maximum absolute atomic E-state index is 5.75. The lowest BCUT2D eigenvalue weighted by Crippen LogP contribution is -2.43. The van der Waals surface area contributed by atoms with Crippen molar-refractivity contribution >= 4 is 0 Å². The average molecular weight is 226 g/mol. The molecule has 0 radical (unpaired) electrons. The fourth-order valence-corrected chi connectivity index (χ4v) is 2.00. The summed E-state index contributed by atoms with van der Waals surface area (Å²) in [6.07, 6.45) is 6.12. The Morgan fingerprint density at radius 3 is 3.00 bits per heavy atom. The van der Waals surface area contributed by atoms with E-state index in [0.29, 0.717) is 12.1 Å². The zero-order valence-corrected chi connectivity index (χ0v) is 10.7. The number of likely N-dealkylation sites (N-methyl/N-ethyl adjacent to an activating group) is 1. The van der Waals surface area contributed by atoms with Gasteiger partial charge in [0.25, 0.3) is 0 Å². The summed E-state index contributed by atoms with van der Waals surface area (Å²) in [5.41, 5.74) is 0. The van der Waals surface area contributed by atoms with Gasteiger partial charge in [-0.3, -0.25) is 4.90 Å². The molecule has 0 saturated carbocycles. The van der Waals surface area contributed by atoms with Crippen LogP contribution in [0, 0.1) is 0 Å². The maximum Gasteiger partial charge on any atom is 0.0702 e. The first kappa shape index (κ1) is 13.7. The Morgan fingerprint density at radius 2 is 2.38 bits per heavy atom. The molecule has 1 saturated heterocycles. The molecule has 94 valence electrons. The van der Waals surface area contributed by atoms with Crippen LogP contribution >= 0.6 is 0 Å². The first-order valence-electron chi connectivity index (χ1n) is 6.37. The molecule has 0 amide bonds. The van der Waals surface area contributed by atoms with Crippen molar-refractivity contribution in [2.24, 2.45) is 0 Å². The summed E-state index contributed by atoms with van der Waals surface area (Å²) < 4.78 is 5.75. The SMILES string of the molecule is C=CCNCC(C)N(C)CC1CCCCO1. The standard InChI is InChI=1S/C13H26N2O/c1-4-8-14-10-12(2)15(3)11-13-7-5-6-9-16-13/h4,12-14H,1,5-11H2,2-3H3. The van der Waals surface area contributed by atoms with Crippen LogP contribution in [-0.2, 0) is 4.74 Å². The van der Waals surface area contributed by atoms with E-state index in [9.17, 15) is 0 Å². The fourth-order valence-electron chi connectivity index (χ4n) is 2.00. The van der Waals surface area contributed by atoms with Crippen molar-refractivity contribution in [2.75, 3.05) is 33.3 Å². The van der Waals surface area contributed by atoms with Gasteiger partial charge in [-0.25, -0.2) is 0 Å². The lowest BCUT2D eigenvalue weighted by molar-refractivity contribution is -0.00683. The smallest absolute Gasteiger partial charge is 0.0702 e. The molecule has 1 aliphatic rings. The van der Waals surface area contributed by atoms with E-state index in [-0.39, 0.29) is 0 Å². The molecule has 0 aromatic rings. The van der Waals surface area contributed by atoms with Gasteiger partial charge in [-0.1, -0.05) is 6.08 Å². The highest BCUT2D eigenvalue weighted by Gasteiger charge is 2.18. The van der Waals surface area contributed by atoms with Gasteiger partial charge < -0.3 is 10.1 Å². The van der Waals surface area contributed by atoms with Crippen LogP contribution in [0.5, 0.6) is 0 Å². The van der Waals surface area contributed by atoms with Crippen LogP contribution in [0.2, 0.25) is 0 Å². The van der Waals surface area contributed by atoms with Crippen LogP contribution in [0.3, 0.4) is 0 Å². The molecule has 1 aliphatic heterocycles. The van der Waals surface area contributed by atoms with Crippen LogP contribution in [0.4, 0.5) is 0 Å². The van der Waals surface area contributed by atoms with Crippen molar-refractivity contribution in [1.29, 1.82) is 0 Å². The first-order valence-corrected chi connectivity index (χ1v) is 6.37. The molecule has 2 atom stereocenters.